The molecule has 2 aromatic carbocycles. The van der Waals surface area contributed by atoms with E-state index in [0.29, 0.717) is 5.92 Å². The average molecular weight is 378 g/mol. The highest BCUT2D eigenvalue weighted by atomic mass is 32.2. The van der Waals surface area contributed by atoms with Crippen molar-refractivity contribution in [3.05, 3.63) is 76.6 Å². The lowest BCUT2D eigenvalue weighted by atomic mass is 10.0. The molecule has 0 aliphatic heterocycles. The first-order valence-corrected chi connectivity index (χ1v) is 10.1. The van der Waals surface area contributed by atoms with E-state index in [-0.39, 0.29) is 11.0 Å². The molecule has 0 radical (unpaired) electrons. The molecular formula is C22H23N3OS. The third kappa shape index (κ3) is 3.83. The molecule has 1 fully saturated rings. The molecular weight excluding hydrogens is 354 g/mol. The summed E-state index contributed by atoms with van der Waals surface area (Å²) in [5, 5.41) is 9.19. The van der Waals surface area contributed by atoms with Gasteiger partial charge in [-0.25, -0.2) is 0 Å². The van der Waals surface area contributed by atoms with Crippen LogP contribution in [0.2, 0.25) is 0 Å². The summed E-state index contributed by atoms with van der Waals surface area (Å²) in [6, 6.07) is 16.0. The van der Waals surface area contributed by atoms with Crippen LogP contribution in [0.25, 0.3) is 0 Å². The minimum absolute atomic E-state index is 0.0971. The van der Waals surface area contributed by atoms with Crippen molar-refractivity contribution in [1.29, 1.82) is 0 Å². The number of aromatic nitrogens is 3. The summed E-state index contributed by atoms with van der Waals surface area (Å²) in [7, 11) is 2.00. The van der Waals surface area contributed by atoms with Crippen LogP contribution in [-0.4, -0.2) is 20.5 Å². The van der Waals surface area contributed by atoms with Crippen LogP contribution in [0.5, 0.6) is 0 Å². The van der Waals surface area contributed by atoms with Gasteiger partial charge in [0.05, 0.1) is 0 Å². The molecule has 4 rings (SSSR count). The number of carbonyl (C=O) groups is 1. The third-order valence-corrected chi connectivity index (χ3v) is 6.28. The molecule has 1 unspecified atom stereocenters. The predicted molar refractivity (Wildman–Crippen MR) is 108 cm³/mol. The van der Waals surface area contributed by atoms with Crippen molar-refractivity contribution in [3.8, 4) is 0 Å². The van der Waals surface area contributed by atoms with Crippen LogP contribution in [-0.2, 0) is 7.05 Å². The molecule has 1 heterocycles. The Balaban J connectivity index is 1.68. The van der Waals surface area contributed by atoms with Crippen molar-refractivity contribution in [2.45, 2.75) is 43.0 Å². The Kier molecular flexibility index (Phi) is 4.87. The largest absolute Gasteiger partial charge is 0.309 e. The number of carbonyl (C=O) groups excluding carboxylic acids is 1. The normalized spacial score (nSPS) is 14.9. The fourth-order valence-corrected chi connectivity index (χ4v) is 4.20. The molecule has 0 saturated heterocycles. The van der Waals surface area contributed by atoms with Gasteiger partial charge < -0.3 is 4.57 Å². The Morgan fingerprint density at radius 2 is 1.59 bits per heavy atom. The minimum atomic E-state index is -0.344. The molecule has 0 N–H and O–H groups in total. The van der Waals surface area contributed by atoms with Gasteiger partial charge in [0.2, 0.25) is 0 Å². The molecule has 1 aromatic heterocycles. The van der Waals surface area contributed by atoms with Crippen LogP contribution in [0.4, 0.5) is 0 Å². The first-order chi connectivity index (χ1) is 13.0. The zero-order valence-corrected chi connectivity index (χ0v) is 16.7. The molecule has 4 nitrogen and oxygen atoms in total. The van der Waals surface area contributed by atoms with Crippen LogP contribution in [0.15, 0.2) is 53.7 Å². The number of ketones is 1. The van der Waals surface area contributed by atoms with Crippen LogP contribution >= 0.6 is 11.8 Å². The molecule has 5 heteroatoms. The van der Waals surface area contributed by atoms with Gasteiger partial charge in [0.1, 0.15) is 11.1 Å². The SMILES string of the molecule is Cc1ccc(C(=O)C(Sc2nnc(C3CC3)n2C)c2ccc(C)cc2)cc1. The van der Waals surface area contributed by atoms with Crippen molar-refractivity contribution in [2.24, 2.45) is 7.05 Å². The standard InChI is InChI=1S/C22H23N3OS/c1-14-4-8-16(9-5-14)19(26)20(17-10-6-15(2)7-11-17)27-22-24-23-21(25(22)3)18-12-13-18/h4-11,18,20H,12-13H2,1-3H3. The fraction of sp³-hybridized carbons (Fsp3) is 0.318. The summed E-state index contributed by atoms with van der Waals surface area (Å²) in [5.41, 5.74) is 4.05. The van der Waals surface area contributed by atoms with Crippen LogP contribution in [0.1, 0.15) is 56.9 Å². The highest BCUT2D eigenvalue weighted by Crippen LogP contribution is 2.42. The highest BCUT2D eigenvalue weighted by Gasteiger charge is 2.31. The van der Waals surface area contributed by atoms with E-state index >= 15 is 0 Å². The number of hydrogen-bond acceptors (Lipinski definition) is 4. The quantitative estimate of drug-likeness (QED) is 0.447. The summed E-state index contributed by atoms with van der Waals surface area (Å²) in [4.78, 5) is 13.3. The number of Topliss-reactive ketones (excluding diaryl/α,β-unsaturated/α-hetero) is 1. The van der Waals surface area contributed by atoms with Crippen molar-refractivity contribution >= 4 is 17.5 Å². The Morgan fingerprint density at radius 3 is 2.19 bits per heavy atom. The second-order valence-corrected chi connectivity index (χ2v) is 8.39. The topological polar surface area (TPSA) is 47.8 Å². The van der Waals surface area contributed by atoms with Gasteiger partial charge in [-0.1, -0.05) is 71.4 Å². The number of nitrogens with zero attached hydrogens (tertiary/aromatic N) is 3. The number of thioether (sulfide) groups is 1. The van der Waals surface area contributed by atoms with E-state index in [4.69, 9.17) is 0 Å². The van der Waals surface area contributed by atoms with Crippen molar-refractivity contribution in [3.63, 3.8) is 0 Å². The van der Waals surface area contributed by atoms with Gasteiger partial charge in [-0.2, -0.15) is 0 Å². The molecule has 0 amide bonds. The predicted octanol–water partition coefficient (Wildman–Crippen LogP) is 5.03. The Hall–Kier alpha value is -2.40. The van der Waals surface area contributed by atoms with Crippen molar-refractivity contribution in [2.75, 3.05) is 0 Å². The van der Waals surface area contributed by atoms with Crippen LogP contribution in [0.3, 0.4) is 0 Å². The van der Waals surface area contributed by atoms with E-state index in [1.54, 1.807) is 0 Å². The number of benzene rings is 2. The molecule has 3 aromatic rings. The zero-order valence-electron chi connectivity index (χ0n) is 15.8. The molecule has 138 valence electrons. The van der Waals surface area contributed by atoms with E-state index in [1.165, 1.54) is 30.2 Å². The lowest BCUT2D eigenvalue weighted by Gasteiger charge is -2.16. The summed E-state index contributed by atoms with van der Waals surface area (Å²) >= 11 is 1.49. The maximum atomic E-state index is 13.3. The zero-order chi connectivity index (χ0) is 19.0. The number of rotatable bonds is 6. The average Bonchev–Trinajstić information content (AvgIpc) is 3.45. The Bertz CT molecular complexity index is 956. The first-order valence-electron chi connectivity index (χ1n) is 9.26. The first kappa shape index (κ1) is 18.0. The minimum Gasteiger partial charge on any atom is -0.309 e. The lowest BCUT2D eigenvalue weighted by molar-refractivity contribution is 0.0989. The van der Waals surface area contributed by atoms with Gasteiger partial charge in [0.25, 0.3) is 0 Å². The lowest BCUT2D eigenvalue weighted by Crippen LogP contribution is -2.11. The Labute approximate surface area is 164 Å². The molecule has 1 saturated carbocycles. The smallest absolute Gasteiger partial charge is 0.192 e. The molecule has 0 bridgehead atoms. The fourth-order valence-electron chi connectivity index (χ4n) is 3.11. The number of aryl methyl sites for hydroxylation is 2. The molecule has 27 heavy (non-hydrogen) atoms. The van der Waals surface area contributed by atoms with E-state index in [0.717, 1.165) is 27.7 Å². The van der Waals surface area contributed by atoms with Gasteiger partial charge in [-0.3, -0.25) is 4.79 Å². The van der Waals surface area contributed by atoms with Crippen LogP contribution in [0, 0.1) is 13.8 Å². The number of hydrogen-bond donors (Lipinski definition) is 0. The molecule has 0 spiro atoms. The summed E-state index contributed by atoms with van der Waals surface area (Å²) < 4.78 is 2.05. The second-order valence-electron chi connectivity index (χ2n) is 7.31. The van der Waals surface area contributed by atoms with E-state index < -0.39 is 0 Å². The summed E-state index contributed by atoms with van der Waals surface area (Å²) in [6.07, 6.45) is 2.36. The van der Waals surface area contributed by atoms with E-state index in [9.17, 15) is 4.79 Å². The van der Waals surface area contributed by atoms with Crippen LogP contribution < -0.4 is 0 Å². The Morgan fingerprint density at radius 1 is 1.00 bits per heavy atom. The van der Waals surface area contributed by atoms with Crippen molar-refractivity contribution < 1.29 is 4.79 Å². The summed E-state index contributed by atoms with van der Waals surface area (Å²) in [5.74, 6) is 1.66. The van der Waals surface area contributed by atoms with E-state index in [2.05, 4.69) is 29.3 Å². The molecule has 1 aliphatic rings. The van der Waals surface area contributed by atoms with Gasteiger partial charge in [-0.15, -0.1) is 10.2 Å². The van der Waals surface area contributed by atoms with Gasteiger partial charge in [0, 0.05) is 18.5 Å². The molecule has 1 atom stereocenters. The monoisotopic (exact) mass is 377 g/mol. The molecule has 1 aliphatic carbocycles. The maximum absolute atomic E-state index is 13.3. The highest BCUT2D eigenvalue weighted by molar-refractivity contribution is 8.00. The third-order valence-electron chi connectivity index (χ3n) is 4.99. The summed E-state index contributed by atoms with van der Waals surface area (Å²) in [6.45, 7) is 4.08. The van der Waals surface area contributed by atoms with Crippen molar-refractivity contribution in [1.82, 2.24) is 14.8 Å². The van der Waals surface area contributed by atoms with E-state index in [1.807, 2.05) is 54.9 Å². The van der Waals surface area contributed by atoms with Gasteiger partial charge in [0.15, 0.2) is 10.9 Å². The second kappa shape index (κ2) is 7.31. The van der Waals surface area contributed by atoms with Gasteiger partial charge >= 0.3 is 0 Å². The maximum Gasteiger partial charge on any atom is 0.192 e. The van der Waals surface area contributed by atoms with Gasteiger partial charge in [-0.05, 0) is 32.3 Å².